The van der Waals surface area contributed by atoms with Gasteiger partial charge in [0.15, 0.2) is 18.2 Å². The molecule has 1 aromatic rings. The summed E-state index contributed by atoms with van der Waals surface area (Å²) >= 11 is 0. The Morgan fingerprint density at radius 2 is 1.84 bits per heavy atom. The first-order chi connectivity index (χ1) is 11.5. The number of alkyl halides is 3. The maximum absolute atomic E-state index is 13.8. The fourth-order valence-corrected chi connectivity index (χ4v) is 2.97. The normalized spacial score (nSPS) is 34.0. The zero-order valence-electron chi connectivity index (χ0n) is 13.7. The largest absolute Gasteiger partial charge is 0.458 e. The number of carbonyl (C=O) groups excluding carboxylic acids is 1. The first-order valence-corrected chi connectivity index (χ1v) is 7.54. The van der Waals surface area contributed by atoms with Gasteiger partial charge in [0.25, 0.3) is 0 Å². The zero-order chi connectivity index (χ0) is 18.6. The van der Waals surface area contributed by atoms with Crippen LogP contribution in [0.4, 0.5) is 13.2 Å². The van der Waals surface area contributed by atoms with Crippen LogP contribution in [0.15, 0.2) is 24.3 Å². The van der Waals surface area contributed by atoms with Crippen LogP contribution in [-0.2, 0) is 18.9 Å². The summed E-state index contributed by atoms with van der Waals surface area (Å²) in [5.74, 6) is -6.10. The lowest BCUT2D eigenvalue weighted by Crippen LogP contribution is -2.57. The predicted octanol–water partition coefficient (Wildman–Crippen LogP) is 2.28. The average Bonchev–Trinajstić information content (AvgIpc) is 2.93. The van der Waals surface area contributed by atoms with Gasteiger partial charge in [-0.25, -0.2) is 4.79 Å². The summed E-state index contributed by atoms with van der Waals surface area (Å²) < 4.78 is 61.3. The van der Waals surface area contributed by atoms with Gasteiger partial charge in [0, 0.05) is 0 Å². The van der Waals surface area contributed by atoms with Crippen LogP contribution in [0.1, 0.15) is 29.8 Å². The molecule has 0 bridgehead atoms. The lowest BCUT2D eigenvalue weighted by Gasteiger charge is -2.34. The Morgan fingerprint density at radius 3 is 2.44 bits per heavy atom. The minimum atomic E-state index is -5.16. The molecule has 2 fully saturated rings. The Morgan fingerprint density at radius 1 is 1.20 bits per heavy atom. The van der Waals surface area contributed by atoms with Gasteiger partial charge < -0.3 is 19.3 Å². The Bertz CT molecular complexity index is 689. The number of hydrogen-bond acceptors (Lipinski definition) is 6. The van der Waals surface area contributed by atoms with E-state index < -0.39 is 42.2 Å². The number of benzene rings is 1. The molecule has 2 saturated heterocycles. The topological polar surface area (TPSA) is 74.2 Å². The quantitative estimate of drug-likeness (QED) is 0.814. The molecule has 0 aromatic heterocycles. The van der Waals surface area contributed by atoms with Gasteiger partial charge in [-0.05, 0) is 32.4 Å². The van der Waals surface area contributed by atoms with Gasteiger partial charge in [-0.2, -0.15) is 13.2 Å². The van der Waals surface area contributed by atoms with Crippen molar-refractivity contribution in [2.24, 2.45) is 0 Å². The molecule has 25 heavy (non-hydrogen) atoms. The van der Waals surface area contributed by atoms with E-state index in [1.165, 1.54) is 26.0 Å². The third kappa shape index (κ3) is 2.91. The summed E-state index contributed by atoms with van der Waals surface area (Å²) in [5.41, 5.74) is 0.384. The van der Waals surface area contributed by atoms with Gasteiger partial charge in [0.2, 0.25) is 0 Å². The van der Waals surface area contributed by atoms with Crippen molar-refractivity contribution in [1.29, 1.82) is 0 Å². The van der Waals surface area contributed by atoms with Crippen molar-refractivity contribution in [1.82, 2.24) is 0 Å². The zero-order valence-corrected chi connectivity index (χ0v) is 13.7. The van der Waals surface area contributed by atoms with Crippen molar-refractivity contribution in [3.05, 3.63) is 35.4 Å². The van der Waals surface area contributed by atoms with Gasteiger partial charge in [0.1, 0.15) is 6.10 Å². The molecule has 9 heteroatoms. The molecule has 138 valence electrons. The van der Waals surface area contributed by atoms with Crippen LogP contribution >= 0.6 is 0 Å². The highest BCUT2D eigenvalue weighted by molar-refractivity contribution is 5.91. The summed E-state index contributed by atoms with van der Waals surface area (Å²) in [5, 5.41) is 9.85. The van der Waals surface area contributed by atoms with Crippen LogP contribution in [-0.4, -0.2) is 47.3 Å². The third-order valence-corrected chi connectivity index (χ3v) is 4.08. The number of carbonyl (C=O) groups is 1. The van der Waals surface area contributed by atoms with Crippen molar-refractivity contribution >= 4 is 5.97 Å². The van der Waals surface area contributed by atoms with E-state index in [4.69, 9.17) is 14.2 Å². The molecule has 0 radical (unpaired) electrons. The van der Waals surface area contributed by atoms with Crippen LogP contribution in [0.3, 0.4) is 0 Å². The highest BCUT2D eigenvalue weighted by Gasteiger charge is 2.76. The maximum Gasteiger partial charge on any atom is 0.458 e. The number of rotatable bonds is 2. The monoisotopic (exact) mass is 362 g/mol. The maximum atomic E-state index is 13.8. The number of esters is 1. The molecular weight excluding hydrogens is 345 g/mol. The van der Waals surface area contributed by atoms with Crippen molar-refractivity contribution in [2.45, 2.75) is 57.0 Å². The molecule has 0 aliphatic carbocycles. The molecule has 0 amide bonds. The SMILES string of the molecule is Cc1ccccc1C(=O)O[C@]1(C(F)(F)F)OC(O)[C@@H]2OC(C)(C)O[C@@H]21. The second-order valence-corrected chi connectivity index (χ2v) is 6.40. The molecule has 1 N–H and O–H groups in total. The highest BCUT2D eigenvalue weighted by Crippen LogP contribution is 2.51. The minimum Gasteiger partial charge on any atom is -0.417 e. The van der Waals surface area contributed by atoms with E-state index in [-0.39, 0.29) is 5.56 Å². The van der Waals surface area contributed by atoms with Crippen LogP contribution < -0.4 is 0 Å². The van der Waals surface area contributed by atoms with Gasteiger partial charge in [0.05, 0.1) is 5.56 Å². The molecular formula is C16H17F3O6. The number of hydrogen-bond donors (Lipinski definition) is 1. The van der Waals surface area contributed by atoms with Crippen molar-refractivity contribution < 1.29 is 42.0 Å². The molecule has 2 heterocycles. The fourth-order valence-electron chi connectivity index (χ4n) is 2.97. The fraction of sp³-hybridized carbons (Fsp3) is 0.562. The van der Waals surface area contributed by atoms with Crippen molar-refractivity contribution in [2.75, 3.05) is 0 Å². The second kappa shape index (κ2) is 5.66. The lowest BCUT2D eigenvalue weighted by molar-refractivity contribution is -0.398. The molecule has 1 unspecified atom stereocenters. The molecule has 1 aromatic carbocycles. The lowest BCUT2D eigenvalue weighted by atomic mass is 10.1. The first kappa shape index (κ1) is 18.1. The standard InChI is InChI=1S/C16H17F3O6/c1-8-6-4-5-7-9(8)12(20)24-15(16(17,18)19)11-10(13(21)25-15)22-14(2,3)23-11/h4-7,10-11,13,21H,1-3H3/t10-,11+,13?,15+/m1/s1. The summed E-state index contributed by atoms with van der Waals surface area (Å²) in [7, 11) is 0. The molecule has 2 aliphatic rings. The van der Waals surface area contributed by atoms with Crippen molar-refractivity contribution in [3.8, 4) is 0 Å². The van der Waals surface area contributed by atoms with E-state index in [0.717, 1.165) is 0 Å². The van der Waals surface area contributed by atoms with Crippen LogP contribution in [0.5, 0.6) is 0 Å². The van der Waals surface area contributed by atoms with E-state index in [2.05, 4.69) is 4.74 Å². The van der Waals surface area contributed by atoms with Crippen molar-refractivity contribution in [3.63, 3.8) is 0 Å². The molecule has 0 saturated carbocycles. The smallest absolute Gasteiger partial charge is 0.417 e. The van der Waals surface area contributed by atoms with Crippen LogP contribution in [0.2, 0.25) is 0 Å². The minimum absolute atomic E-state index is 0.0501. The van der Waals surface area contributed by atoms with E-state index >= 15 is 0 Å². The molecule has 2 aliphatic heterocycles. The average molecular weight is 362 g/mol. The summed E-state index contributed by atoms with van der Waals surface area (Å²) in [6, 6.07) is 6.02. The first-order valence-electron chi connectivity index (χ1n) is 7.54. The van der Waals surface area contributed by atoms with Gasteiger partial charge >= 0.3 is 17.9 Å². The molecule has 3 rings (SSSR count). The Labute approximate surface area is 141 Å². The summed E-state index contributed by atoms with van der Waals surface area (Å²) in [4.78, 5) is 12.3. The number of aliphatic hydroxyl groups is 1. The van der Waals surface area contributed by atoms with Crippen LogP contribution in [0, 0.1) is 6.92 Å². The molecule has 0 spiro atoms. The van der Waals surface area contributed by atoms with E-state index in [1.54, 1.807) is 19.1 Å². The highest BCUT2D eigenvalue weighted by atomic mass is 19.4. The van der Waals surface area contributed by atoms with Crippen LogP contribution in [0.25, 0.3) is 0 Å². The summed E-state index contributed by atoms with van der Waals surface area (Å²) in [6.07, 6.45) is -10.4. The van der Waals surface area contributed by atoms with E-state index in [9.17, 15) is 23.1 Å². The van der Waals surface area contributed by atoms with E-state index in [0.29, 0.717) is 5.56 Å². The number of aliphatic hydroxyl groups excluding tert-OH is 1. The number of halogens is 3. The second-order valence-electron chi connectivity index (χ2n) is 6.40. The van der Waals surface area contributed by atoms with Gasteiger partial charge in [-0.1, -0.05) is 18.2 Å². The van der Waals surface area contributed by atoms with Gasteiger partial charge in [-0.15, -0.1) is 0 Å². The predicted molar refractivity (Wildman–Crippen MR) is 76.3 cm³/mol. The number of fused-ring (bicyclic) bond motifs is 1. The molecule has 6 nitrogen and oxygen atoms in total. The number of ether oxygens (including phenoxy) is 4. The van der Waals surface area contributed by atoms with Gasteiger partial charge in [-0.3, -0.25) is 4.74 Å². The third-order valence-electron chi connectivity index (χ3n) is 4.08. The Hall–Kier alpha value is -1.68. The summed E-state index contributed by atoms with van der Waals surface area (Å²) in [6.45, 7) is 4.34. The Balaban J connectivity index is 1.99. The van der Waals surface area contributed by atoms with E-state index in [1.807, 2.05) is 0 Å². The molecule has 4 atom stereocenters. The number of aryl methyl sites for hydroxylation is 1. The Kier molecular flexibility index (Phi) is 4.11.